The van der Waals surface area contributed by atoms with E-state index in [9.17, 15) is 0 Å². The molecule has 0 amide bonds. The molecule has 0 atom stereocenters. The number of rotatable bonds is 6. The second-order valence-corrected chi connectivity index (χ2v) is 19.2. The lowest BCUT2D eigenvalue weighted by molar-refractivity contribution is 0.660. The molecule has 2 aliphatic rings. The van der Waals surface area contributed by atoms with Crippen LogP contribution in [0, 0.1) is 0 Å². The van der Waals surface area contributed by atoms with Crippen molar-refractivity contribution in [1.29, 1.82) is 0 Å². The number of hydrogen-bond acceptors (Lipinski definition) is 2. The van der Waals surface area contributed by atoms with E-state index in [-0.39, 0.29) is 10.8 Å². The molecule has 0 N–H and O–H groups in total. The van der Waals surface area contributed by atoms with Crippen molar-refractivity contribution in [3.8, 4) is 55.6 Å². The van der Waals surface area contributed by atoms with Gasteiger partial charge in [-0.25, -0.2) is 0 Å². The summed E-state index contributed by atoms with van der Waals surface area (Å²) in [5, 5.41) is 2.63. The Morgan fingerprint density at radius 3 is 1.42 bits per heavy atom. The van der Waals surface area contributed by atoms with Gasteiger partial charge in [0.15, 0.2) is 0 Å². The van der Waals surface area contributed by atoms with Crippen molar-refractivity contribution in [3.63, 3.8) is 0 Å². The highest BCUT2D eigenvalue weighted by Gasteiger charge is 2.37. The Labute approximate surface area is 368 Å². The molecule has 296 valence electrons. The normalized spacial score (nSPS) is 14.1. The van der Waals surface area contributed by atoms with Crippen molar-refractivity contribution in [2.24, 2.45) is 0 Å². The zero-order chi connectivity index (χ0) is 41.7. The molecule has 1 aromatic heterocycles. The summed E-state index contributed by atoms with van der Waals surface area (Å²) in [4.78, 5) is 2.44. The zero-order valence-corrected chi connectivity index (χ0v) is 36.2. The standard InChI is InChI=1S/C60H45NS/c1-59(2)52-19-11-8-17-46(52)48-30-24-40(34-54(48)59)42-26-32-51-50-31-25-41(35-57(50)62-58(51)36-42)38-22-27-43(28-23-38)61(56-21-13-10-16-45(56)39-14-6-5-7-15-39)44-29-33-49-47-18-9-12-20-53(47)60(3,4)55(49)37-44/h5-37H,1-4H3. The molecule has 10 aromatic rings. The molecule has 0 unspecified atom stereocenters. The first-order valence-corrected chi connectivity index (χ1v) is 22.6. The van der Waals surface area contributed by atoms with Crippen LogP contribution in [0.1, 0.15) is 49.9 Å². The fraction of sp³-hybridized carbons (Fsp3) is 0.100. The van der Waals surface area contributed by atoms with Gasteiger partial charge in [-0.15, -0.1) is 11.3 Å². The maximum Gasteiger partial charge on any atom is 0.0540 e. The van der Waals surface area contributed by atoms with Crippen LogP contribution in [0.4, 0.5) is 17.1 Å². The van der Waals surface area contributed by atoms with Crippen molar-refractivity contribution in [2.45, 2.75) is 38.5 Å². The highest BCUT2D eigenvalue weighted by molar-refractivity contribution is 7.25. The van der Waals surface area contributed by atoms with E-state index in [4.69, 9.17) is 0 Å². The molecule has 0 radical (unpaired) electrons. The van der Waals surface area contributed by atoms with Gasteiger partial charge in [-0.2, -0.15) is 0 Å². The Bertz CT molecular complexity index is 3400. The van der Waals surface area contributed by atoms with Gasteiger partial charge in [-0.05, 0) is 121 Å². The molecule has 0 aliphatic heterocycles. The quantitative estimate of drug-likeness (QED) is 0.162. The fourth-order valence-electron chi connectivity index (χ4n) is 10.6. The number of nitrogens with zero attached hydrogens (tertiary/aromatic N) is 1. The molecular formula is C60H45NS. The number of benzene rings is 9. The Morgan fingerprint density at radius 2 is 0.774 bits per heavy atom. The van der Waals surface area contributed by atoms with Gasteiger partial charge < -0.3 is 4.90 Å². The second kappa shape index (κ2) is 13.8. The van der Waals surface area contributed by atoms with Crippen molar-refractivity contribution in [2.75, 3.05) is 4.90 Å². The van der Waals surface area contributed by atoms with Crippen LogP contribution in [-0.2, 0) is 10.8 Å². The minimum atomic E-state index is -0.102. The molecule has 1 heterocycles. The zero-order valence-electron chi connectivity index (χ0n) is 35.4. The second-order valence-electron chi connectivity index (χ2n) is 18.1. The molecule has 2 aliphatic carbocycles. The van der Waals surface area contributed by atoms with Gasteiger partial charge in [0, 0.05) is 47.9 Å². The molecule has 0 saturated carbocycles. The third-order valence-electron chi connectivity index (χ3n) is 13.9. The summed E-state index contributed by atoms with van der Waals surface area (Å²) in [5.41, 5.74) is 21.7. The monoisotopic (exact) mass is 811 g/mol. The summed E-state index contributed by atoms with van der Waals surface area (Å²) < 4.78 is 2.63. The van der Waals surface area contributed by atoms with Gasteiger partial charge in [0.05, 0.1) is 5.69 Å². The van der Waals surface area contributed by atoms with Crippen molar-refractivity contribution >= 4 is 48.6 Å². The largest absolute Gasteiger partial charge is 0.310 e. The first kappa shape index (κ1) is 36.8. The molecule has 0 fully saturated rings. The molecular weight excluding hydrogens is 767 g/mol. The third-order valence-corrected chi connectivity index (χ3v) is 15.0. The summed E-state index contributed by atoms with van der Waals surface area (Å²) in [7, 11) is 0. The number of para-hydroxylation sites is 1. The van der Waals surface area contributed by atoms with Crippen LogP contribution in [0.2, 0.25) is 0 Å². The Hall–Kier alpha value is -7.00. The molecule has 0 spiro atoms. The number of thiophene rings is 1. The Kier molecular flexibility index (Phi) is 8.17. The Morgan fingerprint density at radius 1 is 0.323 bits per heavy atom. The summed E-state index contributed by atoms with van der Waals surface area (Å²) in [6.07, 6.45) is 0. The minimum absolute atomic E-state index is 0.0187. The predicted molar refractivity (Wildman–Crippen MR) is 265 cm³/mol. The first-order chi connectivity index (χ1) is 30.2. The maximum atomic E-state index is 2.44. The van der Waals surface area contributed by atoms with Crippen molar-refractivity contribution in [1.82, 2.24) is 0 Å². The van der Waals surface area contributed by atoms with E-state index in [0.29, 0.717) is 0 Å². The third kappa shape index (κ3) is 5.60. The lowest BCUT2D eigenvalue weighted by atomic mass is 9.81. The maximum absolute atomic E-state index is 2.44. The number of anilines is 3. The van der Waals surface area contributed by atoms with E-state index >= 15 is 0 Å². The van der Waals surface area contributed by atoms with Crippen LogP contribution in [0.15, 0.2) is 200 Å². The topological polar surface area (TPSA) is 3.24 Å². The van der Waals surface area contributed by atoms with Crippen LogP contribution >= 0.6 is 11.3 Å². The van der Waals surface area contributed by atoms with E-state index in [1.165, 1.54) is 98.1 Å². The Balaban J connectivity index is 0.909. The van der Waals surface area contributed by atoms with Crippen LogP contribution in [0.3, 0.4) is 0 Å². The molecule has 12 rings (SSSR count). The van der Waals surface area contributed by atoms with Crippen LogP contribution in [0.25, 0.3) is 75.8 Å². The SMILES string of the molecule is CC1(C)c2ccccc2-c2ccc(-c3ccc4c(c3)sc3cc(-c5ccc(N(c6ccc7c(c6)C(C)(C)c6ccccc6-7)c6ccccc6-c6ccccc6)cc5)ccc34)cc21. The van der Waals surface area contributed by atoms with Gasteiger partial charge in [-0.3, -0.25) is 0 Å². The van der Waals surface area contributed by atoms with E-state index < -0.39 is 0 Å². The van der Waals surface area contributed by atoms with Crippen LogP contribution < -0.4 is 4.90 Å². The fourth-order valence-corrected chi connectivity index (χ4v) is 11.8. The van der Waals surface area contributed by atoms with E-state index in [1.54, 1.807) is 0 Å². The first-order valence-electron chi connectivity index (χ1n) is 21.7. The summed E-state index contributed by atoms with van der Waals surface area (Å²) in [5.74, 6) is 0. The van der Waals surface area contributed by atoms with E-state index in [2.05, 4.69) is 233 Å². The highest BCUT2D eigenvalue weighted by Crippen LogP contribution is 2.52. The van der Waals surface area contributed by atoms with E-state index in [0.717, 1.165) is 17.1 Å². The van der Waals surface area contributed by atoms with Crippen LogP contribution in [0.5, 0.6) is 0 Å². The molecule has 0 bridgehead atoms. The molecule has 1 nitrogen and oxygen atoms in total. The average Bonchev–Trinajstić information content (AvgIpc) is 3.88. The lowest BCUT2D eigenvalue weighted by Gasteiger charge is -2.30. The number of fused-ring (bicyclic) bond motifs is 9. The van der Waals surface area contributed by atoms with Gasteiger partial charge in [0.2, 0.25) is 0 Å². The smallest absolute Gasteiger partial charge is 0.0540 e. The summed E-state index contributed by atoms with van der Waals surface area (Å²) >= 11 is 1.89. The average molecular weight is 812 g/mol. The predicted octanol–water partition coefficient (Wildman–Crippen LogP) is 17.1. The van der Waals surface area contributed by atoms with Gasteiger partial charge in [-0.1, -0.05) is 179 Å². The molecule has 9 aromatic carbocycles. The van der Waals surface area contributed by atoms with E-state index in [1.807, 2.05) is 11.3 Å². The minimum Gasteiger partial charge on any atom is -0.310 e. The highest BCUT2D eigenvalue weighted by atomic mass is 32.1. The van der Waals surface area contributed by atoms with Gasteiger partial charge >= 0.3 is 0 Å². The lowest BCUT2D eigenvalue weighted by Crippen LogP contribution is -2.16. The summed E-state index contributed by atoms with van der Waals surface area (Å²) in [6, 6.07) is 74.6. The van der Waals surface area contributed by atoms with Crippen LogP contribution in [-0.4, -0.2) is 0 Å². The van der Waals surface area contributed by atoms with Gasteiger partial charge in [0.25, 0.3) is 0 Å². The molecule has 62 heavy (non-hydrogen) atoms. The van der Waals surface area contributed by atoms with Crippen molar-refractivity contribution < 1.29 is 0 Å². The van der Waals surface area contributed by atoms with Gasteiger partial charge in [0.1, 0.15) is 0 Å². The number of hydrogen-bond donors (Lipinski definition) is 0. The molecule has 0 saturated heterocycles. The molecule has 2 heteroatoms. The summed E-state index contributed by atoms with van der Waals surface area (Å²) in [6.45, 7) is 9.44. The van der Waals surface area contributed by atoms with Crippen molar-refractivity contribution in [3.05, 3.63) is 222 Å².